The Balaban J connectivity index is 2.79. The van der Waals surface area contributed by atoms with Crippen molar-refractivity contribution in [2.45, 2.75) is 12.8 Å². The van der Waals surface area contributed by atoms with Crippen LogP contribution in [0.3, 0.4) is 0 Å². The summed E-state index contributed by atoms with van der Waals surface area (Å²) < 4.78 is 0. The molecule has 0 aliphatic rings. The molecule has 72 valence electrons. The van der Waals surface area contributed by atoms with Gasteiger partial charge in [0, 0.05) is 17.0 Å². The number of aryl methyl sites for hydroxylation is 1. The van der Waals surface area contributed by atoms with Gasteiger partial charge in [-0.2, -0.15) is 0 Å². The molecule has 0 radical (unpaired) electrons. The van der Waals surface area contributed by atoms with E-state index in [0.29, 0.717) is 6.42 Å². The molecule has 1 rings (SSSR count). The molecule has 0 atom stereocenters. The number of aliphatic hydroxyl groups excluding tert-OH is 1. The maximum Gasteiger partial charge on any atom is 0.0471 e. The molecule has 0 fully saturated rings. The number of aliphatic hydroxyl groups is 1. The van der Waals surface area contributed by atoms with Gasteiger partial charge >= 0.3 is 0 Å². The number of halogens is 2. The fraction of sp³-hybridized carbons (Fsp3) is 0.400. The van der Waals surface area contributed by atoms with E-state index in [9.17, 15) is 0 Å². The molecule has 1 nitrogen and oxygen atoms in total. The van der Waals surface area contributed by atoms with Crippen LogP contribution in [0.15, 0.2) is 18.2 Å². The molecule has 0 unspecified atom stereocenters. The Kier molecular flexibility index (Phi) is 4.78. The molecule has 0 aromatic heterocycles. The normalized spacial score (nSPS) is 10.4. The summed E-state index contributed by atoms with van der Waals surface area (Å²) in [6, 6.07) is 5.96. The zero-order chi connectivity index (χ0) is 9.68. The molecule has 0 spiro atoms. The molecular weight excluding hydrogens is 251 g/mol. The summed E-state index contributed by atoms with van der Waals surface area (Å²) >= 11 is 9.41. The van der Waals surface area contributed by atoms with Gasteiger partial charge < -0.3 is 5.11 Å². The quantitative estimate of drug-likeness (QED) is 0.828. The van der Waals surface area contributed by atoms with E-state index in [-0.39, 0.29) is 6.61 Å². The highest BCUT2D eigenvalue weighted by Gasteiger charge is 2.00. The number of alkyl halides is 1. The highest BCUT2D eigenvalue weighted by molar-refractivity contribution is 9.09. The molecule has 0 aliphatic carbocycles. The lowest BCUT2D eigenvalue weighted by Crippen LogP contribution is -1.93. The summed E-state index contributed by atoms with van der Waals surface area (Å²) in [5, 5.41) is 10.5. The molecule has 0 bridgehead atoms. The first-order chi connectivity index (χ1) is 6.27. The van der Waals surface area contributed by atoms with Crippen molar-refractivity contribution in [3.8, 4) is 0 Å². The Hall–Kier alpha value is -0.0500. The average Bonchev–Trinajstić information content (AvgIpc) is 2.10. The fourth-order valence-corrected chi connectivity index (χ4v) is 1.90. The van der Waals surface area contributed by atoms with Crippen molar-refractivity contribution in [1.29, 1.82) is 0 Å². The van der Waals surface area contributed by atoms with E-state index in [4.69, 9.17) is 16.7 Å². The van der Waals surface area contributed by atoms with Gasteiger partial charge in [-0.25, -0.2) is 0 Å². The smallest absolute Gasteiger partial charge is 0.0471 e. The predicted molar refractivity (Wildman–Crippen MR) is 59.7 cm³/mol. The minimum Gasteiger partial charge on any atom is -0.396 e. The zero-order valence-electron chi connectivity index (χ0n) is 7.26. The van der Waals surface area contributed by atoms with E-state index in [1.165, 1.54) is 0 Å². The van der Waals surface area contributed by atoms with Crippen LogP contribution in [-0.2, 0) is 12.8 Å². The van der Waals surface area contributed by atoms with Crippen LogP contribution in [0.1, 0.15) is 11.1 Å². The summed E-state index contributed by atoms with van der Waals surface area (Å²) in [7, 11) is 0. The second-order valence-corrected chi connectivity index (χ2v) is 4.04. The first kappa shape index (κ1) is 11.0. The standard InChI is InChI=1S/C10H12BrClO/c11-5-3-9-2-1-8(4-6-13)7-10(9)12/h1-2,7,13H,3-6H2. The molecule has 13 heavy (non-hydrogen) atoms. The van der Waals surface area contributed by atoms with Crippen LogP contribution in [0.2, 0.25) is 5.02 Å². The molecule has 0 heterocycles. The van der Waals surface area contributed by atoms with E-state index < -0.39 is 0 Å². The van der Waals surface area contributed by atoms with Crippen LogP contribution < -0.4 is 0 Å². The van der Waals surface area contributed by atoms with Crippen LogP contribution in [0.25, 0.3) is 0 Å². The molecule has 0 saturated heterocycles. The maximum atomic E-state index is 8.73. The van der Waals surface area contributed by atoms with Crippen LogP contribution in [0, 0.1) is 0 Å². The fourth-order valence-electron chi connectivity index (χ4n) is 1.18. The third kappa shape index (κ3) is 3.29. The molecule has 0 aliphatic heterocycles. The van der Waals surface area contributed by atoms with Crippen molar-refractivity contribution < 1.29 is 5.11 Å². The first-order valence-corrected chi connectivity index (χ1v) is 5.72. The summed E-state index contributed by atoms with van der Waals surface area (Å²) in [4.78, 5) is 0. The summed E-state index contributed by atoms with van der Waals surface area (Å²) in [5.74, 6) is 0. The summed E-state index contributed by atoms with van der Waals surface area (Å²) in [5.41, 5.74) is 2.24. The third-order valence-electron chi connectivity index (χ3n) is 1.88. The minimum absolute atomic E-state index is 0.175. The highest BCUT2D eigenvalue weighted by Crippen LogP contribution is 2.19. The Labute approximate surface area is 91.9 Å². The van der Waals surface area contributed by atoms with Gasteiger partial charge in [-0.15, -0.1) is 0 Å². The monoisotopic (exact) mass is 262 g/mol. The van der Waals surface area contributed by atoms with Gasteiger partial charge in [0.25, 0.3) is 0 Å². The Morgan fingerprint density at radius 3 is 2.62 bits per heavy atom. The lowest BCUT2D eigenvalue weighted by molar-refractivity contribution is 0.299. The Bertz CT molecular complexity index is 276. The Morgan fingerprint density at radius 2 is 2.08 bits per heavy atom. The molecule has 3 heteroatoms. The van der Waals surface area contributed by atoms with E-state index in [1.807, 2.05) is 18.2 Å². The molecule has 0 amide bonds. The van der Waals surface area contributed by atoms with Crippen molar-refractivity contribution in [1.82, 2.24) is 0 Å². The van der Waals surface area contributed by atoms with Crippen molar-refractivity contribution >= 4 is 27.5 Å². The second-order valence-electron chi connectivity index (χ2n) is 2.84. The van der Waals surface area contributed by atoms with Gasteiger partial charge in [0.05, 0.1) is 0 Å². The minimum atomic E-state index is 0.175. The van der Waals surface area contributed by atoms with Crippen molar-refractivity contribution in [3.05, 3.63) is 34.3 Å². The number of benzene rings is 1. The molecule has 1 aromatic carbocycles. The molecule has 1 aromatic rings. The topological polar surface area (TPSA) is 20.2 Å². The number of hydrogen-bond acceptors (Lipinski definition) is 1. The van der Waals surface area contributed by atoms with Crippen LogP contribution >= 0.6 is 27.5 Å². The molecule has 1 N–H and O–H groups in total. The van der Waals surface area contributed by atoms with Gasteiger partial charge in [-0.3, -0.25) is 0 Å². The van der Waals surface area contributed by atoms with Gasteiger partial charge in [0.1, 0.15) is 0 Å². The average molecular weight is 264 g/mol. The van der Waals surface area contributed by atoms with E-state index in [2.05, 4.69) is 15.9 Å². The lowest BCUT2D eigenvalue weighted by Gasteiger charge is -2.04. The van der Waals surface area contributed by atoms with E-state index in [0.717, 1.165) is 27.9 Å². The van der Waals surface area contributed by atoms with Gasteiger partial charge in [0.15, 0.2) is 0 Å². The van der Waals surface area contributed by atoms with Crippen molar-refractivity contribution in [3.63, 3.8) is 0 Å². The maximum absolute atomic E-state index is 8.73. The van der Waals surface area contributed by atoms with Gasteiger partial charge in [-0.1, -0.05) is 39.7 Å². The van der Waals surface area contributed by atoms with Crippen LogP contribution in [0.5, 0.6) is 0 Å². The SMILES string of the molecule is OCCc1ccc(CCBr)c(Cl)c1. The Morgan fingerprint density at radius 1 is 1.31 bits per heavy atom. The van der Waals surface area contributed by atoms with Gasteiger partial charge in [-0.05, 0) is 30.0 Å². The number of hydrogen-bond donors (Lipinski definition) is 1. The molecular formula is C10H12BrClO. The van der Waals surface area contributed by atoms with Gasteiger partial charge in [0.2, 0.25) is 0 Å². The lowest BCUT2D eigenvalue weighted by atomic mass is 10.1. The summed E-state index contributed by atoms with van der Waals surface area (Å²) in [6.45, 7) is 0.175. The number of rotatable bonds is 4. The third-order valence-corrected chi connectivity index (χ3v) is 2.63. The second kappa shape index (κ2) is 5.63. The molecule has 0 saturated carbocycles. The first-order valence-electron chi connectivity index (χ1n) is 4.22. The zero-order valence-corrected chi connectivity index (χ0v) is 9.61. The van der Waals surface area contributed by atoms with Crippen molar-refractivity contribution in [2.24, 2.45) is 0 Å². The summed E-state index contributed by atoms with van der Waals surface area (Å²) in [6.07, 6.45) is 1.62. The van der Waals surface area contributed by atoms with E-state index >= 15 is 0 Å². The largest absolute Gasteiger partial charge is 0.396 e. The highest BCUT2D eigenvalue weighted by atomic mass is 79.9. The van der Waals surface area contributed by atoms with Crippen LogP contribution in [-0.4, -0.2) is 17.0 Å². The van der Waals surface area contributed by atoms with E-state index in [1.54, 1.807) is 0 Å². The predicted octanol–water partition coefficient (Wildman–Crippen LogP) is 2.81. The van der Waals surface area contributed by atoms with Crippen LogP contribution in [0.4, 0.5) is 0 Å². The van der Waals surface area contributed by atoms with Crippen molar-refractivity contribution in [2.75, 3.05) is 11.9 Å².